The zero-order chi connectivity index (χ0) is 13.7. The molecule has 0 aliphatic carbocycles. The zero-order valence-electron chi connectivity index (χ0n) is 10.8. The third-order valence-electron chi connectivity index (χ3n) is 2.35. The van der Waals surface area contributed by atoms with Crippen LogP contribution in [0.5, 0.6) is 0 Å². The van der Waals surface area contributed by atoms with Gasteiger partial charge in [-0.2, -0.15) is 0 Å². The second-order valence-electron chi connectivity index (χ2n) is 3.83. The first-order valence-corrected chi connectivity index (χ1v) is 7.86. The number of hydrogen-bond acceptors (Lipinski definition) is 8. The van der Waals surface area contributed by atoms with Gasteiger partial charge in [-0.3, -0.25) is 0 Å². The Morgan fingerprint density at radius 3 is 2.74 bits per heavy atom. The fraction of sp³-hybridized carbons (Fsp3) is 0.364. The molecule has 4 N–H and O–H groups in total. The number of hydrogen-bond donors (Lipinski definition) is 3. The number of nitrogens with one attached hydrogen (secondary N) is 2. The summed E-state index contributed by atoms with van der Waals surface area (Å²) in [5, 5.41) is 7.13. The summed E-state index contributed by atoms with van der Waals surface area (Å²) in [6, 6.07) is 1.78. The summed E-state index contributed by atoms with van der Waals surface area (Å²) in [6.45, 7) is 2.78. The van der Waals surface area contributed by atoms with Crippen LogP contribution in [0.2, 0.25) is 0 Å². The molecule has 0 radical (unpaired) electrons. The van der Waals surface area contributed by atoms with Crippen LogP contribution < -0.4 is 16.6 Å². The third-order valence-corrected chi connectivity index (χ3v) is 3.92. The van der Waals surface area contributed by atoms with Gasteiger partial charge in [0, 0.05) is 30.1 Å². The summed E-state index contributed by atoms with van der Waals surface area (Å²) < 4.78 is 0. The fourth-order valence-electron chi connectivity index (χ4n) is 1.50. The number of thioether (sulfide) groups is 1. The topological polar surface area (TPSA) is 88.8 Å². The number of aryl methyl sites for hydroxylation is 1. The molecule has 6 nitrogen and oxygen atoms in total. The van der Waals surface area contributed by atoms with E-state index >= 15 is 0 Å². The van der Waals surface area contributed by atoms with Gasteiger partial charge in [0.1, 0.15) is 11.6 Å². The Balaban J connectivity index is 1.95. The Hall–Kier alpha value is -1.38. The Bertz CT molecular complexity index is 519. The van der Waals surface area contributed by atoms with Crippen molar-refractivity contribution in [1.29, 1.82) is 0 Å². The molecule has 0 saturated heterocycles. The normalized spacial score (nSPS) is 10.5. The molecule has 0 aliphatic rings. The first kappa shape index (κ1) is 14.0. The molecule has 102 valence electrons. The van der Waals surface area contributed by atoms with Crippen LogP contribution in [0, 0.1) is 6.92 Å². The van der Waals surface area contributed by atoms with Crippen molar-refractivity contribution < 1.29 is 0 Å². The van der Waals surface area contributed by atoms with Gasteiger partial charge in [-0.1, -0.05) is 11.8 Å². The van der Waals surface area contributed by atoms with Crippen LogP contribution in [0.15, 0.2) is 16.6 Å². The van der Waals surface area contributed by atoms with Gasteiger partial charge in [-0.15, -0.1) is 11.3 Å². The van der Waals surface area contributed by atoms with Crippen LogP contribution in [0.1, 0.15) is 10.7 Å². The Labute approximate surface area is 120 Å². The minimum absolute atomic E-state index is 0.604. The van der Waals surface area contributed by atoms with E-state index in [0.717, 1.165) is 29.5 Å². The Kier molecular flexibility index (Phi) is 4.94. The maximum Gasteiger partial charge on any atom is 0.191 e. The van der Waals surface area contributed by atoms with Crippen molar-refractivity contribution in [3.8, 4) is 0 Å². The van der Waals surface area contributed by atoms with E-state index in [2.05, 4.69) is 31.1 Å². The van der Waals surface area contributed by atoms with Gasteiger partial charge >= 0.3 is 0 Å². The molecule has 8 heteroatoms. The smallest absolute Gasteiger partial charge is 0.191 e. The van der Waals surface area contributed by atoms with Gasteiger partial charge in [0.05, 0.1) is 5.01 Å². The number of hydrazine groups is 1. The largest absolute Gasteiger partial charge is 0.369 e. The second-order valence-corrected chi connectivity index (χ2v) is 5.54. The molecule has 0 unspecified atom stereocenters. The predicted molar refractivity (Wildman–Crippen MR) is 80.7 cm³/mol. The molecule has 0 spiro atoms. The maximum atomic E-state index is 5.38. The lowest BCUT2D eigenvalue weighted by molar-refractivity contribution is 0.932. The monoisotopic (exact) mass is 296 g/mol. The highest BCUT2D eigenvalue weighted by Gasteiger charge is 2.04. The molecule has 0 aromatic carbocycles. The van der Waals surface area contributed by atoms with E-state index in [-0.39, 0.29) is 0 Å². The number of nitrogen functional groups attached to an aromatic ring is 1. The molecule has 0 saturated carbocycles. The number of anilines is 2. The Morgan fingerprint density at radius 2 is 2.11 bits per heavy atom. The fourth-order valence-corrected chi connectivity index (χ4v) is 2.65. The van der Waals surface area contributed by atoms with E-state index in [4.69, 9.17) is 5.84 Å². The highest BCUT2D eigenvalue weighted by atomic mass is 32.2. The van der Waals surface area contributed by atoms with Crippen LogP contribution in [0.4, 0.5) is 11.6 Å². The maximum absolute atomic E-state index is 5.38. The lowest BCUT2D eigenvalue weighted by Gasteiger charge is -2.07. The first-order chi connectivity index (χ1) is 9.21. The Morgan fingerprint density at radius 1 is 1.32 bits per heavy atom. The van der Waals surface area contributed by atoms with Gasteiger partial charge in [0.2, 0.25) is 0 Å². The zero-order valence-corrected chi connectivity index (χ0v) is 12.4. The number of aromatic nitrogens is 3. The summed E-state index contributed by atoms with van der Waals surface area (Å²) in [6.07, 6.45) is 2.81. The molecule has 2 aromatic heterocycles. The lowest BCUT2D eigenvalue weighted by Crippen LogP contribution is -2.12. The molecule has 2 aromatic rings. The highest BCUT2D eigenvalue weighted by Crippen LogP contribution is 2.17. The number of rotatable bonds is 6. The summed E-state index contributed by atoms with van der Waals surface area (Å²) in [4.78, 5) is 13.0. The van der Waals surface area contributed by atoms with E-state index < -0.39 is 0 Å². The summed E-state index contributed by atoms with van der Waals surface area (Å²) >= 11 is 3.16. The van der Waals surface area contributed by atoms with Crippen LogP contribution in [0.25, 0.3) is 0 Å². The van der Waals surface area contributed by atoms with Crippen molar-refractivity contribution >= 4 is 34.7 Å². The van der Waals surface area contributed by atoms with E-state index in [1.54, 1.807) is 17.4 Å². The predicted octanol–water partition coefficient (Wildman–Crippen LogP) is 1.90. The van der Waals surface area contributed by atoms with Gasteiger partial charge in [-0.25, -0.2) is 20.8 Å². The lowest BCUT2D eigenvalue weighted by atomic mass is 10.4. The van der Waals surface area contributed by atoms with Gasteiger partial charge < -0.3 is 10.7 Å². The summed E-state index contributed by atoms with van der Waals surface area (Å²) in [7, 11) is 0. The minimum Gasteiger partial charge on any atom is -0.369 e. The highest BCUT2D eigenvalue weighted by molar-refractivity contribution is 7.98. The van der Waals surface area contributed by atoms with E-state index in [9.17, 15) is 0 Å². The molecule has 0 fully saturated rings. The molecule has 0 atom stereocenters. The van der Waals surface area contributed by atoms with Crippen molar-refractivity contribution in [1.82, 2.24) is 15.0 Å². The molecular formula is C11H16N6S2. The molecule has 0 amide bonds. The molecule has 0 bridgehead atoms. The number of nitrogens with two attached hydrogens (primary N) is 1. The van der Waals surface area contributed by atoms with E-state index in [0.29, 0.717) is 11.0 Å². The standard InChI is InChI=1S/C11H16N6S2/c1-7-6-19-10(14-7)3-4-13-8-5-9(17-12)16-11(15-8)18-2/h5-6H,3-4,12H2,1-2H3,(H2,13,15,16,17). The summed E-state index contributed by atoms with van der Waals surface area (Å²) in [5.41, 5.74) is 3.61. The van der Waals surface area contributed by atoms with Crippen LogP contribution in [0.3, 0.4) is 0 Å². The van der Waals surface area contributed by atoms with Crippen molar-refractivity contribution in [3.63, 3.8) is 0 Å². The van der Waals surface area contributed by atoms with Gasteiger partial charge in [0.15, 0.2) is 5.16 Å². The van der Waals surface area contributed by atoms with Gasteiger partial charge in [0.25, 0.3) is 0 Å². The van der Waals surface area contributed by atoms with Crippen molar-refractivity contribution in [2.24, 2.45) is 5.84 Å². The molecule has 0 aliphatic heterocycles. The average molecular weight is 296 g/mol. The molecule has 2 heterocycles. The third kappa shape index (κ3) is 4.05. The van der Waals surface area contributed by atoms with Crippen LogP contribution >= 0.6 is 23.1 Å². The molecule has 19 heavy (non-hydrogen) atoms. The van der Waals surface area contributed by atoms with Gasteiger partial charge in [-0.05, 0) is 13.2 Å². The van der Waals surface area contributed by atoms with Crippen LogP contribution in [-0.4, -0.2) is 27.8 Å². The SMILES string of the molecule is CSc1nc(NN)cc(NCCc2nc(C)cs2)n1. The second kappa shape index (κ2) is 6.69. The molecular weight excluding hydrogens is 280 g/mol. The number of nitrogens with zero attached hydrogens (tertiary/aromatic N) is 3. The summed E-state index contributed by atoms with van der Waals surface area (Å²) in [5.74, 6) is 6.75. The quantitative estimate of drug-likeness (QED) is 0.325. The van der Waals surface area contributed by atoms with Crippen molar-refractivity contribution in [2.45, 2.75) is 18.5 Å². The minimum atomic E-state index is 0.604. The van der Waals surface area contributed by atoms with Crippen molar-refractivity contribution in [3.05, 3.63) is 22.1 Å². The first-order valence-electron chi connectivity index (χ1n) is 5.76. The van der Waals surface area contributed by atoms with E-state index in [1.807, 2.05) is 13.2 Å². The number of thiazole rings is 1. The average Bonchev–Trinajstić information content (AvgIpc) is 2.84. The van der Waals surface area contributed by atoms with E-state index in [1.165, 1.54) is 11.8 Å². The van der Waals surface area contributed by atoms with Crippen LogP contribution in [-0.2, 0) is 6.42 Å². The van der Waals surface area contributed by atoms with Crippen molar-refractivity contribution in [2.75, 3.05) is 23.5 Å². The molecule has 2 rings (SSSR count).